The molecule has 0 radical (unpaired) electrons. The van der Waals surface area contributed by atoms with Crippen molar-refractivity contribution in [2.45, 2.75) is 69.4 Å². The third-order valence-electron chi connectivity index (χ3n) is 11.5. The van der Waals surface area contributed by atoms with Crippen LogP contribution in [-0.2, 0) is 23.2 Å². The number of aromatic nitrogens is 2. The van der Waals surface area contributed by atoms with E-state index in [0.29, 0.717) is 29.9 Å². The van der Waals surface area contributed by atoms with Crippen molar-refractivity contribution in [1.29, 1.82) is 0 Å². The van der Waals surface area contributed by atoms with E-state index in [-0.39, 0.29) is 34.4 Å². The first-order valence-electron chi connectivity index (χ1n) is 17.8. The number of anilines is 2. The Morgan fingerprint density at radius 3 is 2.41 bits per heavy atom. The van der Waals surface area contributed by atoms with Crippen molar-refractivity contribution in [2.24, 2.45) is 12.5 Å². The van der Waals surface area contributed by atoms with Gasteiger partial charge in [-0.15, -0.1) is 0 Å². The van der Waals surface area contributed by atoms with E-state index >= 15 is 0 Å². The molecule has 4 aliphatic rings. The average Bonchev–Trinajstić information content (AvgIpc) is 3.10. The highest BCUT2D eigenvalue weighted by Crippen LogP contribution is 2.43. The van der Waals surface area contributed by atoms with E-state index in [1.807, 2.05) is 6.07 Å². The van der Waals surface area contributed by atoms with Crippen LogP contribution in [0.2, 0.25) is 5.02 Å². The smallest absolute Gasteiger partial charge is 0.287 e. The van der Waals surface area contributed by atoms with Crippen molar-refractivity contribution in [1.82, 2.24) is 24.9 Å². The molecule has 1 spiro atoms. The predicted molar refractivity (Wildman–Crippen MR) is 193 cm³/mol. The summed E-state index contributed by atoms with van der Waals surface area (Å²) in [6, 6.07) is 17.8. The Morgan fingerprint density at radius 2 is 1.67 bits per heavy atom. The van der Waals surface area contributed by atoms with Crippen molar-refractivity contribution in [2.75, 3.05) is 56.5 Å². The van der Waals surface area contributed by atoms with Crippen molar-refractivity contribution in [3.63, 3.8) is 0 Å². The third kappa shape index (κ3) is 7.56. The summed E-state index contributed by atoms with van der Waals surface area (Å²) in [5.74, 6) is -0.186. The highest BCUT2D eigenvalue weighted by molar-refractivity contribution is 6.32. The van der Waals surface area contributed by atoms with Crippen molar-refractivity contribution in [3.05, 3.63) is 86.8 Å². The molecule has 4 fully saturated rings. The average molecular weight is 686 g/mol. The molecule has 0 saturated carbocycles. The number of aryl methyl sites for hydroxylation is 1. The normalized spacial score (nSPS) is 25.0. The van der Waals surface area contributed by atoms with Crippen molar-refractivity contribution >= 4 is 34.8 Å². The van der Waals surface area contributed by atoms with Gasteiger partial charge in [0.25, 0.3) is 5.56 Å². The lowest BCUT2D eigenvalue weighted by Crippen LogP contribution is -2.46. The Bertz CT molecular complexity index is 1730. The molecular weight excluding hydrogens is 638 g/mol. The van der Waals surface area contributed by atoms with Crippen molar-refractivity contribution in [3.8, 4) is 0 Å². The van der Waals surface area contributed by atoms with Gasteiger partial charge in [-0.3, -0.25) is 24.6 Å². The summed E-state index contributed by atoms with van der Waals surface area (Å²) in [5, 5.41) is 10.3. The van der Waals surface area contributed by atoms with E-state index in [0.717, 1.165) is 57.8 Å². The number of nitrogens with one attached hydrogen (secondary N) is 2. The minimum Gasteiger partial charge on any atom is -0.378 e. The number of carbonyl (C=O) groups excluding carboxylic acids is 2. The van der Waals surface area contributed by atoms with Crippen LogP contribution in [0.4, 0.5) is 11.4 Å². The molecule has 4 saturated heterocycles. The van der Waals surface area contributed by atoms with Crippen molar-refractivity contribution < 1.29 is 9.59 Å². The Morgan fingerprint density at radius 1 is 0.939 bits per heavy atom. The number of imide groups is 1. The number of halogens is 1. The van der Waals surface area contributed by atoms with Gasteiger partial charge in [0, 0.05) is 57.9 Å². The fourth-order valence-electron chi connectivity index (χ4n) is 8.52. The van der Waals surface area contributed by atoms with Crippen LogP contribution in [0.5, 0.6) is 0 Å². The SMILES string of the molecule is CN1CC(Nc2cnn(C)c(=O)c2Cl)CC(c2ccc(CN3CCC4(CC3)CCN(c3cccc(C5CCC(=O)NC5=O)c3)CC4)cc2)C1. The van der Waals surface area contributed by atoms with Crippen LogP contribution in [0, 0.1) is 5.41 Å². The summed E-state index contributed by atoms with van der Waals surface area (Å²) in [7, 11) is 3.75. The van der Waals surface area contributed by atoms with Crippen LogP contribution in [0.15, 0.2) is 59.5 Å². The zero-order valence-electron chi connectivity index (χ0n) is 28.7. The molecule has 0 aliphatic carbocycles. The molecule has 3 atom stereocenters. The van der Waals surface area contributed by atoms with Crippen LogP contribution in [0.25, 0.3) is 0 Å². The number of benzene rings is 2. The first kappa shape index (κ1) is 33.8. The molecule has 260 valence electrons. The maximum Gasteiger partial charge on any atom is 0.287 e. The lowest BCUT2D eigenvalue weighted by molar-refractivity contribution is -0.134. The highest BCUT2D eigenvalue weighted by atomic mass is 35.5. The number of hydrogen-bond acceptors (Lipinski definition) is 8. The summed E-state index contributed by atoms with van der Waals surface area (Å²) in [6.07, 6.45) is 8.48. The summed E-state index contributed by atoms with van der Waals surface area (Å²) in [4.78, 5) is 43.8. The van der Waals surface area contributed by atoms with Crippen LogP contribution in [0.1, 0.15) is 73.5 Å². The second kappa shape index (κ2) is 14.2. The van der Waals surface area contributed by atoms with Crippen LogP contribution in [0.3, 0.4) is 0 Å². The largest absolute Gasteiger partial charge is 0.378 e. The fraction of sp³-hybridized carbons (Fsp3) is 0.526. The van der Waals surface area contributed by atoms with Gasteiger partial charge in [-0.1, -0.05) is 48.0 Å². The van der Waals surface area contributed by atoms with Gasteiger partial charge in [0.2, 0.25) is 11.8 Å². The molecule has 10 nitrogen and oxygen atoms in total. The Balaban J connectivity index is 0.893. The van der Waals surface area contributed by atoms with Gasteiger partial charge in [0.1, 0.15) is 5.02 Å². The van der Waals surface area contributed by atoms with E-state index < -0.39 is 0 Å². The van der Waals surface area contributed by atoms with Gasteiger partial charge < -0.3 is 15.1 Å². The number of hydrogen-bond donors (Lipinski definition) is 2. The van der Waals surface area contributed by atoms with Gasteiger partial charge in [-0.25, -0.2) is 4.68 Å². The van der Waals surface area contributed by atoms with E-state index in [2.05, 4.69) is 79.9 Å². The predicted octanol–water partition coefficient (Wildman–Crippen LogP) is 4.74. The lowest BCUT2D eigenvalue weighted by atomic mass is 9.71. The number of rotatable bonds is 7. The maximum absolute atomic E-state index is 12.4. The lowest BCUT2D eigenvalue weighted by Gasteiger charge is -2.47. The Kier molecular flexibility index (Phi) is 9.81. The minimum absolute atomic E-state index is 0.168. The number of amides is 2. The Labute approximate surface area is 293 Å². The van der Waals surface area contributed by atoms with Gasteiger partial charge in [-0.2, -0.15) is 5.10 Å². The maximum atomic E-state index is 12.4. The molecule has 3 aromatic rings. The molecule has 3 unspecified atom stereocenters. The molecular formula is C38H48ClN7O3. The first-order chi connectivity index (χ1) is 23.6. The van der Waals surface area contributed by atoms with E-state index in [1.54, 1.807) is 13.2 Å². The molecule has 2 aromatic carbocycles. The highest BCUT2D eigenvalue weighted by Gasteiger charge is 2.38. The standard InChI is InChI=1S/C38H48ClN7O3/c1-43-24-29(20-30(25-43)41-33-22-40-44(2)37(49)35(33)39)27-8-6-26(7-9-27)23-45-16-12-38(13-17-45)14-18-46(19-15-38)31-5-3-4-28(21-31)32-10-11-34(47)42-36(32)48/h3-9,21-22,29-30,32,41H,10-20,23-25H2,1-2H3,(H,42,47,48). The Hall–Kier alpha value is -3.73. The van der Waals surface area contributed by atoms with Gasteiger partial charge in [0.15, 0.2) is 0 Å². The second-order valence-electron chi connectivity index (χ2n) is 14.9. The molecule has 49 heavy (non-hydrogen) atoms. The van der Waals surface area contributed by atoms with Crippen LogP contribution in [-0.4, -0.2) is 83.8 Å². The quantitative estimate of drug-likeness (QED) is 0.344. The molecule has 7 rings (SSSR count). The van der Waals surface area contributed by atoms with Gasteiger partial charge in [-0.05, 0) is 98.8 Å². The van der Waals surface area contributed by atoms with Gasteiger partial charge >= 0.3 is 0 Å². The first-order valence-corrected chi connectivity index (χ1v) is 18.2. The molecule has 0 bridgehead atoms. The second-order valence-corrected chi connectivity index (χ2v) is 15.3. The zero-order chi connectivity index (χ0) is 34.1. The van der Waals surface area contributed by atoms with Gasteiger partial charge in [0.05, 0.1) is 17.8 Å². The van der Waals surface area contributed by atoms with E-state index in [9.17, 15) is 14.4 Å². The number of carbonyl (C=O) groups is 2. The number of likely N-dealkylation sites (tertiary alicyclic amines) is 2. The summed E-state index contributed by atoms with van der Waals surface area (Å²) in [5.41, 5.74) is 5.65. The van der Waals surface area contributed by atoms with E-state index in [4.69, 9.17) is 11.6 Å². The number of likely N-dealkylation sites (N-methyl/N-ethyl adjacent to an activating group) is 1. The number of piperidine rings is 4. The minimum atomic E-state index is -0.288. The molecule has 1 aromatic heterocycles. The molecule has 2 amide bonds. The van der Waals surface area contributed by atoms with Crippen LogP contribution >= 0.6 is 11.6 Å². The fourth-order valence-corrected chi connectivity index (χ4v) is 8.75. The summed E-state index contributed by atoms with van der Waals surface area (Å²) < 4.78 is 1.26. The molecule has 4 aliphatic heterocycles. The van der Waals surface area contributed by atoms with Crippen LogP contribution < -0.4 is 21.1 Å². The summed E-state index contributed by atoms with van der Waals surface area (Å²) in [6.45, 7) is 7.21. The molecule has 2 N–H and O–H groups in total. The third-order valence-corrected chi connectivity index (χ3v) is 11.9. The molecule has 5 heterocycles. The molecule has 11 heteroatoms. The zero-order valence-corrected chi connectivity index (χ0v) is 29.4. The monoisotopic (exact) mass is 685 g/mol. The topological polar surface area (TPSA) is 103 Å². The van der Waals surface area contributed by atoms with E-state index in [1.165, 1.54) is 47.2 Å². The number of nitrogens with zero attached hydrogens (tertiary/aromatic N) is 5. The summed E-state index contributed by atoms with van der Waals surface area (Å²) >= 11 is 6.34.